The minimum Gasteiger partial charge on any atom is -0.123 e. The molecule has 1 rings (SSSR count). The predicted molar refractivity (Wildman–Crippen MR) is 41.8 cm³/mol. The molecule has 0 N–H and O–H groups in total. The third-order valence-electron chi connectivity index (χ3n) is 2.19. The molecule has 1 aliphatic carbocycles. The van der Waals surface area contributed by atoms with Gasteiger partial charge in [0.15, 0.2) is 0 Å². The van der Waals surface area contributed by atoms with Gasteiger partial charge >= 0.3 is 0 Å². The van der Waals surface area contributed by atoms with Crippen LogP contribution in [-0.2, 0) is 0 Å². The topological polar surface area (TPSA) is 0 Å². The van der Waals surface area contributed by atoms with Gasteiger partial charge in [0.2, 0.25) is 0 Å². The van der Waals surface area contributed by atoms with Crippen LogP contribution in [0.3, 0.4) is 0 Å². The summed E-state index contributed by atoms with van der Waals surface area (Å²) in [5.41, 5.74) is 0. The van der Waals surface area contributed by atoms with Crippen molar-refractivity contribution in [2.75, 3.05) is 0 Å². The molecule has 0 nitrogen and oxygen atoms in total. The molecule has 0 bridgehead atoms. The zero-order valence-electron chi connectivity index (χ0n) is 6.23. The Hall–Kier alpha value is 0.290. The van der Waals surface area contributed by atoms with E-state index in [1.54, 1.807) is 0 Å². The molecule has 0 spiro atoms. The Kier molecular flexibility index (Phi) is 2.40. The van der Waals surface area contributed by atoms with E-state index in [2.05, 4.69) is 13.8 Å². The average Bonchev–Trinajstić information content (AvgIpc) is 2.50. The van der Waals surface area contributed by atoms with Crippen LogP contribution >= 0.6 is 11.6 Å². The first-order chi connectivity index (χ1) is 4.20. The maximum Gasteiger partial charge on any atom is 0.0333 e. The lowest BCUT2D eigenvalue weighted by molar-refractivity contribution is 0.488. The van der Waals surface area contributed by atoms with E-state index in [0.29, 0.717) is 5.38 Å². The molecule has 9 heavy (non-hydrogen) atoms. The molecular formula is C8H15Cl. The van der Waals surface area contributed by atoms with Gasteiger partial charge in [-0.3, -0.25) is 0 Å². The maximum absolute atomic E-state index is 5.90. The molecule has 0 aliphatic heterocycles. The maximum atomic E-state index is 5.90. The summed E-state index contributed by atoms with van der Waals surface area (Å²) in [6, 6.07) is 0. The summed E-state index contributed by atoms with van der Waals surface area (Å²) in [5.74, 6) is 1.75. The van der Waals surface area contributed by atoms with Crippen molar-refractivity contribution in [1.29, 1.82) is 0 Å². The Morgan fingerprint density at radius 1 is 1.44 bits per heavy atom. The highest BCUT2D eigenvalue weighted by Gasteiger charge is 2.24. The van der Waals surface area contributed by atoms with E-state index >= 15 is 0 Å². The van der Waals surface area contributed by atoms with Crippen LogP contribution in [0.25, 0.3) is 0 Å². The smallest absolute Gasteiger partial charge is 0.0333 e. The van der Waals surface area contributed by atoms with Crippen molar-refractivity contribution in [2.45, 2.75) is 38.5 Å². The second-order valence-electron chi connectivity index (χ2n) is 3.33. The lowest BCUT2D eigenvalue weighted by atomic mass is 10.0. The van der Waals surface area contributed by atoms with Crippen LogP contribution in [-0.4, -0.2) is 5.38 Å². The highest BCUT2D eigenvalue weighted by atomic mass is 35.5. The first-order valence-corrected chi connectivity index (χ1v) is 4.28. The lowest BCUT2D eigenvalue weighted by Gasteiger charge is -2.11. The highest BCUT2D eigenvalue weighted by Crippen LogP contribution is 2.36. The molecule has 1 heteroatoms. The van der Waals surface area contributed by atoms with Crippen LogP contribution in [0.1, 0.15) is 33.1 Å². The fraction of sp³-hybridized carbons (Fsp3) is 1.00. The molecule has 0 amide bonds. The van der Waals surface area contributed by atoms with Gasteiger partial charge < -0.3 is 0 Å². The Labute approximate surface area is 62.6 Å². The molecule has 1 aliphatic rings. The summed E-state index contributed by atoms with van der Waals surface area (Å²) in [6.07, 6.45) is 4.26. The first kappa shape index (κ1) is 7.40. The summed E-state index contributed by atoms with van der Waals surface area (Å²) >= 11 is 5.90. The first-order valence-electron chi connectivity index (χ1n) is 3.84. The predicted octanol–water partition coefficient (Wildman–Crippen LogP) is 3.05. The van der Waals surface area contributed by atoms with Gasteiger partial charge in [0.25, 0.3) is 0 Å². The van der Waals surface area contributed by atoms with Crippen molar-refractivity contribution in [3.8, 4) is 0 Å². The highest BCUT2D eigenvalue weighted by molar-refractivity contribution is 6.20. The fourth-order valence-electron chi connectivity index (χ4n) is 1.07. The second kappa shape index (κ2) is 2.92. The van der Waals surface area contributed by atoms with Crippen LogP contribution in [0.4, 0.5) is 0 Å². The standard InChI is InChI=1S/C8H15Cl/c1-6(7(2)9)5-8-3-4-8/h6-8H,3-5H2,1-2H3. The second-order valence-corrected chi connectivity index (χ2v) is 4.02. The number of halogens is 1. The van der Waals surface area contributed by atoms with Crippen LogP contribution in [0, 0.1) is 11.8 Å². The molecule has 0 heterocycles. The minimum absolute atomic E-state index is 0.366. The minimum atomic E-state index is 0.366. The number of rotatable bonds is 3. The van der Waals surface area contributed by atoms with Gasteiger partial charge in [-0.25, -0.2) is 0 Å². The summed E-state index contributed by atoms with van der Waals surface area (Å²) in [5, 5.41) is 0.366. The van der Waals surface area contributed by atoms with Crippen molar-refractivity contribution < 1.29 is 0 Å². The molecular weight excluding hydrogens is 132 g/mol. The van der Waals surface area contributed by atoms with Crippen molar-refractivity contribution in [3.63, 3.8) is 0 Å². The molecule has 1 fully saturated rings. The normalized spacial score (nSPS) is 25.7. The molecule has 54 valence electrons. The van der Waals surface area contributed by atoms with E-state index < -0.39 is 0 Å². The number of hydrogen-bond acceptors (Lipinski definition) is 0. The van der Waals surface area contributed by atoms with Gasteiger partial charge in [0.1, 0.15) is 0 Å². The van der Waals surface area contributed by atoms with E-state index in [1.165, 1.54) is 19.3 Å². The molecule has 2 atom stereocenters. The van der Waals surface area contributed by atoms with Crippen molar-refractivity contribution in [2.24, 2.45) is 11.8 Å². The average molecular weight is 147 g/mol. The Bertz CT molecular complexity index is 84.6. The molecule has 2 unspecified atom stereocenters. The molecule has 0 saturated heterocycles. The van der Waals surface area contributed by atoms with Crippen molar-refractivity contribution in [1.82, 2.24) is 0 Å². The third-order valence-corrected chi connectivity index (χ3v) is 2.62. The monoisotopic (exact) mass is 146 g/mol. The molecule has 1 saturated carbocycles. The molecule has 0 aromatic heterocycles. The summed E-state index contributed by atoms with van der Waals surface area (Å²) in [7, 11) is 0. The van der Waals surface area contributed by atoms with Crippen LogP contribution in [0.5, 0.6) is 0 Å². The van der Waals surface area contributed by atoms with E-state index in [9.17, 15) is 0 Å². The van der Waals surface area contributed by atoms with Gasteiger partial charge in [-0.2, -0.15) is 0 Å². The quantitative estimate of drug-likeness (QED) is 0.537. The Morgan fingerprint density at radius 2 is 2.00 bits per heavy atom. The van der Waals surface area contributed by atoms with Crippen LogP contribution < -0.4 is 0 Å². The molecule has 0 radical (unpaired) electrons. The SMILES string of the molecule is CC(Cl)C(C)CC1CC1. The summed E-state index contributed by atoms with van der Waals surface area (Å²) in [4.78, 5) is 0. The van der Waals surface area contributed by atoms with E-state index in [0.717, 1.165) is 11.8 Å². The Morgan fingerprint density at radius 3 is 2.33 bits per heavy atom. The zero-order valence-corrected chi connectivity index (χ0v) is 6.99. The lowest BCUT2D eigenvalue weighted by Crippen LogP contribution is -2.07. The summed E-state index contributed by atoms with van der Waals surface area (Å²) < 4.78 is 0. The zero-order chi connectivity index (χ0) is 6.85. The van der Waals surface area contributed by atoms with Crippen LogP contribution in [0.2, 0.25) is 0 Å². The largest absolute Gasteiger partial charge is 0.123 e. The molecule has 0 aromatic carbocycles. The van der Waals surface area contributed by atoms with Crippen LogP contribution in [0.15, 0.2) is 0 Å². The van der Waals surface area contributed by atoms with E-state index in [4.69, 9.17) is 11.6 Å². The van der Waals surface area contributed by atoms with Crippen molar-refractivity contribution in [3.05, 3.63) is 0 Å². The van der Waals surface area contributed by atoms with E-state index in [1.807, 2.05) is 0 Å². The Balaban J connectivity index is 2.09. The third kappa shape index (κ3) is 2.57. The van der Waals surface area contributed by atoms with Gasteiger partial charge in [-0.05, 0) is 25.2 Å². The number of alkyl halides is 1. The van der Waals surface area contributed by atoms with Crippen molar-refractivity contribution >= 4 is 11.6 Å². The number of hydrogen-bond donors (Lipinski definition) is 0. The molecule has 0 aromatic rings. The van der Waals surface area contributed by atoms with Gasteiger partial charge in [-0.1, -0.05) is 19.8 Å². The van der Waals surface area contributed by atoms with Gasteiger partial charge in [-0.15, -0.1) is 11.6 Å². The fourth-order valence-corrected chi connectivity index (χ4v) is 1.17. The van der Waals surface area contributed by atoms with Gasteiger partial charge in [0.05, 0.1) is 0 Å². The van der Waals surface area contributed by atoms with Gasteiger partial charge in [0, 0.05) is 5.38 Å². The summed E-state index contributed by atoms with van der Waals surface area (Å²) in [6.45, 7) is 4.34. The van der Waals surface area contributed by atoms with E-state index in [-0.39, 0.29) is 0 Å².